The lowest BCUT2D eigenvalue weighted by molar-refractivity contribution is 0.0939. The van der Waals surface area contributed by atoms with E-state index >= 15 is 0 Å². The second-order valence-corrected chi connectivity index (χ2v) is 7.80. The first-order chi connectivity index (χ1) is 16.5. The molecule has 3 rings (SSSR count). The van der Waals surface area contributed by atoms with Crippen molar-refractivity contribution in [1.29, 1.82) is 0 Å². The van der Waals surface area contributed by atoms with Gasteiger partial charge in [-0.15, -0.1) is 0 Å². The Morgan fingerprint density at radius 1 is 0.824 bits per heavy atom. The highest BCUT2D eigenvalue weighted by Gasteiger charge is 2.19. The zero-order chi connectivity index (χ0) is 24.3. The molecule has 0 saturated heterocycles. The van der Waals surface area contributed by atoms with Crippen LogP contribution in [-0.4, -0.2) is 26.6 Å². The van der Waals surface area contributed by atoms with Crippen molar-refractivity contribution >= 4 is 17.4 Å². The summed E-state index contributed by atoms with van der Waals surface area (Å²) in [6, 6.07) is 18.4. The van der Waals surface area contributed by atoms with Gasteiger partial charge in [0.1, 0.15) is 24.7 Å². The molecule has 7 nitrogen and oxygen atoms in total. The molecule has 0 amide bonds. The van der Waals surface area contributed by atoms with E-state index in [2.05, 4.69) is 4.84 Å². The second-order valence-electron chi connectivity index (χ2n) is 7.43. The van der Waals surface area contributed by atoms with Crippen molar-refractivity contribution in [3.8, 4) is 23.0 Å². The van der Waals surface area contributed by atoms with Gasteiger partial charge >= 0.3 is 0 Å². The van der Waals surface area contributed by atoms with Crippen molar-refractivity contribution in [1.82, 2.24) is 0 Å². The Hall–Kier alpha value is -3.26. The molecule has 0 aliphatic rings. The Labute approximate surface area is 204 Å². The Bertz CT molecular complexity index is 1070. The molecule has 0 aliphatic carbocycles. The van der Waals surface area contributed by atoms with Crippen molar-refractivity contribution in [2.45, 2.75) is 26.1 Å². The number of hydrogen-bond acceptors (Lipinski definition) is 7. The molecule has 3 aromatic carbocycles. The highest BCUT2D eigenvalue weighted by atomic mass is 35.5. The van der Waals surface area contributed by atoms with Gasteiger partial charge in [0.2, 0.25) is 0 Å². The van der Waals surface area contributed by atoms with Crippen molar-refractivity contribution in [2.24, 2.45) is 5.90 Å². The van der Waals surface area contributed by atoms with Crippen molar-refractivity contribution in [3.05, 3.63) is 82.4 Å². The van der Waals surface area contributed by atoms with Crippen LogP contribution < -0.4 is 24.8 Å². The van der Waals surface area contributed by atoms with Crippen LogP contribution in [0.4, 0.5) is 0 Å². The van der Waals surface area contributed by atoms with Gasteiger partial charge in [0, 0.05) is 12.0 Å². The van der Waals surface area contributed by atoms with Crippen LogP contribution in [0.25, 0.3) is 0 Å². The largest absolute Gasteiger partial charge is 0.497 e. The third-order valence-corrected chi connectivity index (χ3v) is 5.50. The van der Waals surface area contributed by atoms with E-state index < -0.39 is 0 Å². The lowest BCUT2D eigenvalue weighted by atomic mass is 10.1. The fourth-order valence-electron chi connectivity index (χ4n) is 3.21. The molecule has 0 saturated carbocycles. The molecule has 0 bridgehead atoms. The number of ketones is 1. The zero-order valence-corrected chi connectivity index (χ0v) is 20.0. The first kappa shape index (κ1) is 25.4. The number of Topliss-reactive ketones (excluding diaryl/α,β-unsaturated/α-hetero) is 1. The smallest absolute Gasteiger partial charge is 0.180 e. The summed E-state index contributed by atoms with van der Waals surface area (Å²) in [4.78, 5) is 17.2. The van der Waals surface area contributed by atoms with Gasteiger partial charge in [0.05, 0.1) is 25.8 Å². The Morgan fingerprint density at radius 3 is 1.91 bits per heavy atom. The summed E-state index contributed by atoms with van der Waals surface area (Å²) in [5.74, 6) is 7.19. The number of carbonyl (C=O) groups excluding carboxylic acids is 1. The number of rotatable bonds is 13. The predicted octanol–water partition coefficient (Wildman–Crippen LogP) is 5.37. The maximum atomic E-state index is 12.7. The van der Waals surface area contributed by atoms with Crippen LogP contribution in [-0.2, 0) is 18.1 Å². The van der Waals surface area contributed by atoms with Crippen LogP contribution in [0, 0.1) is 0 Å². The monoisotopic (exact) mass is 485 g/mol. The molecule has 8 heteroatoms. The fraction of sp³-hybridized carbons (Fsp3) is 0.269. The molecule has 0 atom stereocenters. The molecule has 3 aromatic rings. The van der Waals surface area contributed by atoms with Gasteiger partial charge in [-0.1, -0.05) is 35.9 Å². The SMILES string of the molecule is COc1ccc(COc2ccc(C(=O)CCCON)c(Cl)c2OCc2ccc(OC)cc2)cc1. The normalized spacial score (nSPS) is 10.6. The number of ether oxygens (including phenoxy) is 4. The first-order valence-corrected chi connectivity index (χ1v) is 11.1. The van der Waals surface area contributed by atoms with Gasteiger partial charge in [0.15, 0.2) is 17.3 Å². The molecule has 0 radical (unpaired) electrons. The van der Waals surface area contributed by atoms with E-state index in [-0.39, 0.29) is 30.4 Å². The van der Waals surface area contributed by atoms with Gasteiger partial charge in [-0.2, -0.15) is 0 Å². The summed E-state index contributed by atoms with van der Waals surface area (Å²) in [5.41, 5.74) is 2.22. The number of halogens is 1. The van der Waals surface area contributed by atoms with Crippen LogP contribution >= 0.6 is 11.6 Å². The van der Waals surface area contributed by atoms with Gasteiger partial charge in [-0.05, 0) is 53.9 Å². The van der Waals surface area contributed by atoms with E-state index in [1.807, 2.05) is 48.5 Å². The zero-order valence-electron chi connectivity index (χ0n) is 19.2. The topological polar surface area (TPSA) is 89.2 Å². The van der Waals surface area contributed by atoms with E-state index in [0.717, 1.165) is 22.6 Å². The molecule has 0 fully saturated rings. The van der Waals surface area contributed by atoms with E-state index in [1.165, 1.54) is 0 Å². The minimum atomic E-state index is -0.127. The predicted molar refractivity (Wildman–Crippen MR) is 130 cm³/mol. The summed E-state index contributed by atoms with van der Waals surface area (Å²) in [6.07, 6.45) is 0.740. The highest BCUT2D eigenvalue weighted by Crippen LogP contribution is 2.39. The van der Waals surface area contributed by atoms with Gasteiger partial charge in [-0.3, -0.25) is 4.79 Å². The van der Waals surface area contributed by atoms with Crippen LogP contribution in [0.2, 0.25) is 5.02 Å². The molecule has 0 unspecified atom stereocenters. The van der Waals surface area contributed by atoms with Crippen molar-refractivity contribution in [2.75, 3.05) is 20.8 Å². The number of methoxy groups -OCH3 is 2. The fourth-order valence-corrected chi connectivity index (χ4v) is 3.53. The Morgan fingerprint density at radius 2 is 1.38 bits per heavy atom. The summed E-state index contributed by atoms with van der Waals surface area (Å²) in [7, 11) is 3.23. The van der Waals surface area contributed by atoms with Gasteiger partial charge in [-0.25, -0.2) is 5.90 Å². The second kappa shape index (κ2) is 12.8. The molecule has 0 spiro atoms. The average molecular weight is 486 g/mol. The number of carbonyl (C=O) groups is 1. The van der Waals surface area contributed by atoms with Crippen LogP contribution in [0.1, 0.15) is 34.3 Å². The molecule has 34 heavy (non-hydrogen) atoms. The summed E-state index contributed by atoms with van der Waals surface area (Å²) >= 11 is 6.64. The maximum absolute atomic E-state index is 12.7. The third-order valence-electron chi connectivity index (χ3n) is 5.12. The summed E-state index contributed by atoms with van der Waals surface area (Å²) in [6.45, 7) is 0.814. The Balaban J connectivity index is 1.81. The molecular formula is C26H28ClNO6. The van der Waals surface area contributed by atoms with Crippen molar-refractivity contribution < 1.29 is 28.6 Å². The van der Waals surface area contributed by atoms with Crippen LogP contribution in [0.3, 0.4) is 0 Å². The van der Waals surface area contributed by atoms with Crippen molar-refractivity contribution in [3.63, 3.8) is 0 Å². The molecule has 0 aliphatic heterocycles. The highest BCUT2D eigenvalue weighted by molar-refractivity contribution is 6.35. The number of hydrogen-bond donors (Lipinski definition) is 1. The summed E-state index contributed by atoms with van der Waals surface area (Å²) in [5, 5.41) is 0.208. The maximum Gasteiger partial charge on any atom is 0.180 e. The number of benzene rings is 3. The summed E-state index contributed by atoms with van der Waals surface area (Å²) < 4.78 is 22.5. The van der Waals surface area contributed by atoms with E-state index in [1.54, 1.807) is 26.4 Å². The lowest BCUT2D eigenvalue weighted by Gasteiger charge is -2.17. The molecular weight excluding hydrogens is 458 g/mol. The Kier molecular flexibility index (Phi) is 9.58. The lowest BCUT2D eigenvalue weighted by Crippen LogP contribution is -2.07. The number of nitrogens with two attached hydrogens (primary N) is 1. The van der Waals surface area contributed by atoms with Gasteiger partial charge in [0.25, 0.3) is 0 Å². The third kappa shape index (κ3) is 6.87. The van der Waals surface area contributed by atoms with Crippen LogP contribution in [0.5, 0.6) is 23.0 Å². The molecule has 180 valence electrons. The standard InChI is InChI=1S/C26H28ClNO6/c1-30-20-9-5-18(6-10-20)16-32-24-14-13-22(23(29)4-3-15-34-28)25(27)26(24)33-17-19-7-11-21(31-2)12-8-19/h5-14H,3-4,15-17,28H2,1-2H3. The van der Waals surface area contributed by atoms with E-state index in [9.17, 15) is 4.79 Å². The average Bonchev–Trinajstić information content (AvgIpc) is 2.87. The quantitative estimate of drug-likeness (QED) is 0.198. The van der Waals surface area contributed by atoms with Crippen LogP contribution in [0.15, 0.2) is 60.7 Å². The minimum Gasteiger partial charge on any atom is -0.497 e. The molecule has 0 heterocycles. The molecule has 2 N–H and O–H groups in total. The molecule has 0 aromatic heterocycles. The van der Waals surface area contributed by atoms with E-state index in [4.69, 9.17) is 36.4 Å². The van der Waals surface area contributed by atoms with Gasteiger partial charge < -0.3 is 23.8 Å². The first-order valence-electron chi connectivity index (χ1n) is 10.7. The minimum absolute atomic E-state index is 0.127. The van der Waals surface area contributed by atoms with E-state index in [0.29, 0.717) is 30.1 Å².